The first kappa shape index (κ1) is 60.2. The minimum atomic E-state index is -1.40. The molecule has 15 N–H and O–H groups in total. The Morgan fingerprint density at radius 1 is 0.740 bits per heavy atom. The summed E-state index contributed by atoms with van der Waals surface area (Å²) < 4.78 is 0. The van der Waals surface area contributed by atoms with Gasteiger partial charge in [-0.25, -0.2) is 0 Å². The minimum absolute atomic E-state index is 0.00389. The molecular formula is C52H70N14O9S2. The highest BCUT2D eigenvalue weighted by Gasteiger charge is 2.34. The number of primary amides is 1. The summed E-state index contributed by atoms with van der Waals surface area (Å²) in [5.74, 6) is -6.55. The van der Waals surface area contributed by atoms with Crippen molar-refractivity contribution in [3.05, 3.63) is 102 Å². The number of hydrogen-bond donors (Lipinski definition) is 12. The molecule has 0 unspecified atom stereocenters. The molecule has 3 heterocycles. The number of pyridine rings is 1. The van der Waals surface area contributed by atoms with E-state index in [1.807, 2.05) is 31.2 Å². The Morgan fingerprint density at radius 3 is 2.05 bits per heavy atom. The fraction of sp³-hybridized carbons (Fsp3) is 0.442. The number of carbonyl (C=O) groups excluding carboxylic acids is 9. The summed E-state index contributed by atoms with van der Waals surface area (Å²) in [5, 5.41) is 22.9. The van der Waals surface area contributed by atoms with Gasteiger partial charge in [-0.3, -0.25) is 53.1 Å². The zero-order valence-electron chi connectivity index (χ0n) is 43.1. The summed E-state index contributed by atoms with van der Waals surface area (Å²) in [6.45, 7) is 3.27. The fourth-order valence-corrected chi connectivity index (χ4v) is 10.6. The fourth-order valence-electron chi connectivity index (χ4n) is 8.27. The summed E-state index contributed by atoms with van der Waals surface area (Å²) in [6.07, 6.45) is 6.33. The molecule has 0 spiro atoms. The monoisotopic (exact) mass is 1100 g/mol. The predicted octanol–water partition coefficient (Wildman–Crippen LogP) is 0.0248. The molecule has 0 radical (unpaired) electrons. The number of nitrogens with zero attached hydrogens (tertiary/aromatic N) is 2. The van der Waals surface area contributed by atoms with Crippen LogP contribution in [0.2, 0.25) is 0 Å². The lowest BCUT2D eigenvalue weighted by Crippen LogP contribution is -2.60. The van der Waals surface area contributed by atoms with Crippen LogP contribution in [-0.4, -0.2) is 136 Å². The average Bonchev–Trinajstić information content (AvgIpc) is 3.81. The SMILES string of the molecule is CCCC[C@H](NC(C)=O)C(=O)N[C@H]1CSSC[C@@H](C(N)=O)NC(=O)CCCNC(=O)[C@H](Cc2c[nH]c3ccccc23)NC(=O)[C@H](CCCN=C(N)N)NC(=O)[C@@H](Cc2ccccc2)NC(=O)[C@H](Cc2cccnc2)NC1=O. The summed E-state index contributed by atoms with van der Waals surface area (Å²) >= 11 is 0. The highest BCUT2D eigenvalue weighted by atomic mass is 33.1. The molecule has 1 aliphatic rings. The average molecular weight is 1100 g/mol. The zero-order valence-corrected chi connectivity index (χ0v) is 44.8. The number of nitrogens with one attached hydrogen (secondary N) is 9. The molecular weight excluding hydrogens is 1030 g/mol. The van der Waals surface area contributed by atoms with Crippen LogP contribution in [0, 0.1) is 0 Å². The Bertz CT molecular complexity index is 2670. The highest BCUT2D eigenvalue weighted by molar-refractivity contribution is 8.76. The van der Waals surface area contributed by atoms with Crippen LogP contribution in [0.15, 0.2) is 90.3 Å². The predicted molar refractivity (Wildman–Crippen MR) is 295 cm³/mol. The van der Waals surface area contributed by atoms with Gasteiger partial charge in [-0.1, -0.05) is 96.0 Å². The third-order valence-corrected chi connectivity index (χ3v) is 14.7. The quantitative estimate of drug-likeness (QED) is 0.0287. The first-order valence-corrected chi connectivity index (χ1v) is 27.9. The smallest absolute Gasteiger partial charge is 0.244 e. The van der Waals surface area contributed by atoms with Gasteiger partial charge in [0.2, 0.25) is 53.2 Å². The summed E-state index contributed by atoms with van der Waals surface area (Å²) in [4.78, 5) is 136. The number of nitrogens with two attached hydrogens (primary N) is 3. The third kappa shape index (κ3) is 20.4. The summed E-state index contributed by atoms with van der Waals surface area (Å²) in [6, 6.07) is 10.8. The van der Waals surface area contributed by atoms with Gasteiger partial charge in [0.1, 0.15) is 42.3 Å². The van der Waals surface area contributed by atoms with Gasteiger partial charge in [-0.2, -0.15) is 0 Å². The number of aromatic nitrogens is 2. The van der Waals surface area contributed by atoms with Crippen molar-refractivity contribution in [3.63, 3.8) is 0 Å². The van der Waals surface area contributed by atoms with Gasteiger partial charge in [0, 0.05) is 86.7 Å². The lowest BCUT2D eigenvalue weighted by molar-refractivity contribution is -0.135. The van der Waals surface area contributed by atoms with Crippen LogP contribution in [0.4, 0.5) is 0 Å². The van der Waals surface area contributed by atoms with Gasteiger partial charge in [0.25, 0.3) is 0 Å². The van der Waals surface area contributed by atoms with E-state index in [0.29, 0.717) is 29.5 Å². The molecule has 0 aliphatic carbocycles. The zero-order chi connectivity index (χ0) is 55.7. The summed E-state index contributed by atoms with van der Waals surface area (Å²) in [7, 11) is 2.17. The van der Waals surface area contributed by atoms with E-state index in [9.17, 15) is 43.2 Å². The number of carbonyl (C=O) groups is 9. The van der Waals surface area contributed by atoms with Crippen LogP contribution in [0.25, 0.3) is 10.9 Å². The molecule has 5 rings (SSSR count). The van der Waals surface area contributed by atoms with Crippen LogP contribution in [0.5, 0.6) is 0 Å². The molecule has 25 heteroatoms. The van der Waals surface area contributed by atoms with Crippen LogP contribution in [0.1, 0.15) is 75.5 Å². The first-order chi connectivity index (χ1) is 37.0. The molecule has 1 aliphatic heterocycles. The van der Waals surface area contributed by atoms with E-state index in [0.717, 1.165) is 32.5 Å². The molecule has 1 fully saturated rings. The standard InChI is InChI=1S/C52H70N14O9S2/c1-3-4-17-37(60-31(2)67)47(71)66-43-30-77-76-29-42(45(53)69)61-44(68)20-12-22-57-46(70)41(26-34-28-59-36-18-9-8-16-35(34)36)65-48(72)38(19-11-23-58-52(54)55)62-49(73)39(24-32-13-6-5-7-14-32)63-50(74)40(64-51(43)75)25-33-15-10-21-56-27-33/h5-10,13-16,18,21,27-28,37-43,59H,3-4,11-12,17,19-20,22-26,29-30H2,1-2H3,(H2,53,69)(H,57,70)(H,60,67)(H,61,68)(H,62,73)(H,63,74)(H,64,75)(H,65,72)(H,66,71)(H4,54,55,58)/t37-,38-,39+,40-,41-,42-,43-/m0/s1. The Hall–Kier alpha value is -7.67. The van der Waals surface area contributed by atoms with Crippen molar-refractivity contribution in [3.8, 4) is 0 Å². The van der Waals surface area contributed by atoms with Crippen molar-refractivity contribution in [2.45, 2.75) is 120 Å². The molecule has 0 saturated carbocycles. The molecule has 2 aromatic heterocycles. The highest BCUT2D eigenvalue weighted by Crippen LogP contribution is 2.24. The van der Waals surface area contributed by atoms with Gasteiger partial charge in [0.15, 0.2) is 5.96 Å². The van der Waals surface area contributed by atoms with Crippen molar-refractivity contribution in [1.29, 1.82) is 0 Å². The Morgan fingerprint density at radius 2 is 1.38 bits per heavy atom. The molecule has 0 bridgehead atoms. The van der Waals surface area contributed by atoms with Crippen LogP contribution in [0.3, 0.4) is 0 Å². The van der Waals surface area contributed by atoms with E-state index in [1.54, 1.807) is 48.7 Å². The Balaban J connectivity index is 1.54. The second-order valence-corrected chi connectivity index (χ2v) is 21.0. The Kier molecular flexibility index (Phi) is 24.5. The number of aromatic amines is 1. The number of unbranched alkanes of at least 4 members (excludes halogenated alkanes) is 1. The minimum Gasteiger partial charge on any atom is -0.370 e. The lowest BCUT2D eigenvalue weighted by atomic mass is 10.0. The second kappa shape index (κ2) is 31.4. The lowest BCUT2D eigenvalue weighted by Gasteiger charge is -2.28. The molecule has 2 aromatic carbocycles. The van der Waals surface area contributed by atoms with Gasteiger partial charge < -0.3 is 64.7 Å². The molecule has 414 valence electrons. The molecule has 7 atom stereocenters. The van der Waals surface area contributed by atoms with Crippen molar-refractivity contribution in [2.75, 3.05) is 24.6 Å². The Labute approximate surface area is 454 Å². The number of para-hydroxylation sites is 1. The first-order valence-electron chi connectivity index (χ1n) is 25.4. The largest absolute Gasteiger partial charge is 0.370 e. The second-order valence-electron chi connectivity index (χ2n) is 18.5. The maximum Gasteiger partial charge on any atom is 0.244 e. The number of fused-ring (bicyclic) bond motifs is 1. The molecule has 77 heavy (non-hydrogen) atoms. The molecule has 1 saturated heterocycles. The molecule has 23 nitrogen and oxygen atoms in total. The van der Waals surface area contributed by atoms with Crippen molar-refractivity contribution in [2.24, 2.45) is 22.2 Å². The van der Waals surface area contributed by atoms with E-state index in [2.05, 4.69) is 57.5 Å². The number of guanidine groups is 1. The van der Waals surface area contributed by atoms with E-state index in [1.165, 1.54) is 19.3 Å². The molecule has 9 amide bonds. The molecule has 4 aromatic rings. The topological polar surface area (TPSA) is 369 Å². The maximum absolute atomic E-state index is 14.8. The summed E-state index contributed by atoms with van der Waals surface area (Å²) in [5.41, 5.74) is 19.6. The van der Waals surface area contributed by atoms with Gasteiger partial charge in [0.05, 0.1) is 0 Å². The maximum atomic E-state index is 14.8. The van der Waals surface area contributed by atoms with Gasteiger partial charge in [-0.05, 0) is 54.5 Å². The van der Waals surface area contributed by atoms with Gasteiger partial charge in [-0.15, -0.1) is 0 Å². The van der Waals surface area contributed by atoms with E-state index in [-0.39, 0.29) is 81.9 Å². The number of benzene rings is 2. The number of amides is 9. The number of H-pyrrole nitrogens is 1. The van der Waals surface area contributed by atoms with E-state index >= 15 is 0 Å². The number of hydrogen-bond acceptors (Lipinski definition) is 13. The third-order valence-electron chi connectivity index (χ3n) is 12.3. The number of aliphatic imine (C=N–C) groups is 1. The van der Waals surface area contributed by atoms with Crippen LogP contribution in [-0.2, 0) is 62.4 Å². The van der Waals surface area contributed by atoms with Crippen molar-refractivity contribution < 1.29 is 43.2 Å². The van der Waals surface area contributed by atoms with Gasteiger partial charge >= 0.3 is 0 Å². The van der Waals surface area contributed by atoms with Crippen molar-refractivity contribution >= 4 is 91.6 Å². The van der Waals surface area contributed by atoms with E-state index < -0.39 is 95.5 Å². The van der Waals surface area contributed by atoms with E-state index in [4.69, 9.17) is 17.2 Å². The normalized spacial score (nSPS) is 21.2. The van der Waals surface area contributed by atoms with Crippen molar-refractivity contribution in [1.82, 2.24) is 52.5 Å². The van der Waals surface area contributed by atoms with Crippen LogP contribution < -0.4 is 59.7 Å². The number of rotatable bonds is 17. The van der Waals surface area contributed by atoms with Crippen LogP contribution >= 0.6 is 21.6 Å².